The van der Waals surface area contributed by atoms with Crippen molar-refractivity contribution in [2.24, 2.45) is 17.8 Å². The minimum absolute atomic E-state index is 0.204. The number of carbonyl (C=O) groups is 1. The average molecular weight is 426 g/mol. The first-order valence-corrected chi connectivity index (χ1v) is 10.4. The number of urea groups is 1. The third-order valence-corrected chi connectivity index (χ3v) is 6.03. The summed E-state index contributed by atoms with van der Waals surface area (Å²) in [5.41, 5.74) is 0.233. The molecule has 1 aromatic carbocycles. The number of benzene rings is 1. The van der Waals surface area contributed by atoms with Crippen LogP contribution < -0.4 is 5.32 Å². The van der Waals surface area contributed by atoms with E-state index in [9.17, 15) is 9.18 Å². The van der Waals surface area contributed by atoms with Crippen molar-refractivity contribution in [3.63, 3.8) is 0 Å². The number of hydrogen-bond acceptors (Lipinski definition) is 2. The van der Waals surface area contributed by atoms with Crippen molar-refractivity contribution in [1.29, 1.82) is 0 Å². The molecule has 0 aliphatic carbocycles. The molecule has 3 rings (SSSR count). The molecule has 1 N–H and O–H groups in total. The Balaban J connectivity index is 1.46. The fourth-order valence-electron chi connectivity index (χ4n) is 4.41. The molecule has 6 heteroatoms. The Hall–Kier alpha value is -1.14. The topological polar surface area (TPSA) is 35.6 Å². The van der Waals surface area contributed by atoms with Crippen molar-refractivity contribution in [3.05, 3.63) is 28.5 Å². The Labute approximate surface area is 164 Å². The Kier molecular flexibility index (Phi) is 6.56. The van der Waals surface area contributed by atoms with Gasteiger partial charge >= 0.3 is 6.03 Å². The fraction of sp³-hybridized carbons (Fsp3) is 0.650. The van der Waals surface area contributed by atoms with E-state index >= 15 is 0 Å². The first-order valence-electron chi connectivity index (χ1n) is 9.64. The van der Waals surface area contributed by atoms with Gasteiger partial charge in [-0.2, -0.15) is 0 Å². The lowest BCUT2D eigenvalue weighted by Crippen LogP contribution is -2.46. The van der Waals surface area contributed by atoms with Gasteiger partial charge in [0.2, 0.25) is 0 Å². The van der Waals surface area contributed by atoms with E-state index in [2.05, 4.69) is 40.0 Å². The van der Waals surface area contributed by atoms with Crippen LogP contribution in [0.15, 0.2) is 22.7 Å². The summed E-state index contributed by atoms with van der Waals surface area (Å²) in [5.74, 6) is 1.80. The molecule has 2 aliphatic rings. The molecule has 2 amide bonds. The van der Waals surface area contributed by atoms with Gasteiger partial charge in [-0.1, -0.05) is 29.8 Å². The van der Waals surface area contributed by atoms with Crippen molar-refractivity contribution >= 4 is 27.6 Å². The zero-order valence-corrected chi connectivity index (χ0v) is 17.3. The van der Waals surface area contributed by atoms with Gasteiger partial charge in [-0.25, -0.2) is 9.18 Å². The monoisotopic (exact) mass is 425 g/mol. The summed E-state index contributed by atoms with van der Waals surface area (Å²) in [6.45, 7) is 9.72. The van der Waals surface area contributed by atoms with Crippen molar-refractivity contribution in [2.45, 2.75) is 33.1 Å². The second-order valence-electron chi connectivity index (χ2n) is 8.15. The van der Waals surface area contributed by atoms with Gasteiger partial charge in [0, 0.05) is 37.2 Å². The maximum Gasteiger partial charge on any atom is 0.321 e. The fourth-order valence-corrected chi connectivity index (χ4v) is 4.74. The number of carbonyl (C=O) groups excluding carboxylic acids is 1. The lowest BCUT2D eigenvalue weighted by Gasteiger charge is -2.39. The highest BCUT2D eigenvalue weighted by atomic mass is 79.9. The van der Waals surface area contributed by atoms with Crippen LogP contribution in [0.4, 0.5) is 14.9 Å². The van der Waals surface area contributed by atoms with Crippen LogP contribution >= 0.6 is 15.9 Å². The van der Waals surface area contributed by atoms with E-state index < -0.39 is 5.82 Å². The van der Waals surface area contributed by atoms with Gasteiger partial charge in [-0.05, 0) is 55.2 Å². The van der Waals surface area contributed by atoms with Crippen LogP contribution in [0, 0.1) is 23.6 Å². The standard InChI is InChI=1S/C20H29BrFN3O/c1-14-9-15(2)12-24(11-14)13-16-5-7-25(8-6-16)20(26)23-19-4-3-17(21)10-18(19)22/h3-4,10,14-16H,5-9,11-13H2,1-2H3,(H,23,26)/t14-,15-/m1/s1. The highest BCUT2D eigenvalue weighted by molar-refractivity contribution is 9.10. The molecule has 0 aromatic heterocycles. The van der Waals surface area contributed by atoms with E-state index in [0.717, 1.165) is 44.3 Å². The Morgan fingerprint density at radius 1 is 1.23 bits per heavy atom. The number of halogens is 2. The van der Waals surface area contributed by atoms with E-state index in [1.807, 2.05) is 0 Å². The summed E-state index contributed by atoms with van der Waals surface area (Å²) in [6, 6.07) is 4.47. The zero-order chi connectivity index (χ0) is 18.7. The smallest absolute Gasteiger partial charge is 0.321 e. The molecule has 0 bridgehead atoms. The van der Waals surface area contributed by atoms with Gasteiger partial charge in [-0.3, -0.25) is 0 Å². The molecular weight excluding hydrogens is 397 g/mol. The maximum absolute atomic E-state index is 13.9. The first-order chi connectivity index (χ1) is 12.4. The number of rotatable bonds is 3. The van der Waals surface area contributed by atoms with E-state index in [-0.39, 0.29) is 11.7 Å². The molecule has 0 radical (unpaired) electrons. The van der Waals surface area contributed by atoms with Crippen LogP contribution in [0.25, 0.3) is 0 Å². The Morgan fingerprint density at radius 3 is 2.50 bits per heavy atom. The quantitative estimate of drug-likeness (QED) is 0.753. The zero-order valence-electron chi connectivity index (χ0n) is 15.7. The molecule has 144 valence electrons. The predicted molar refractivity (Wildman–Crippen MR) is 107 cm³/mol. The molecule has 2 atom stereocenters. The third-order valence-electron chi connectivity index (χ3n) is 5.54. The lowest BCUT2D eigenvalue weighted by atomic mass is 9.89. The van der Waals surface area contributed by atoms with Gasteiger partial charge in [0.15, 0.2) is 0 Å². The molecule has 2 saturated heterocycles. The van der Waals surface area contributed by atoms with Crippen LogP contribution in [-0.4, -0.2) is 48.6 Å². The molecule has 2 heterocycles. The normalized spacial score (nSPS) is 25.3. The van der Waals surface area contributed by atoms with E-state index in [1.165, 1.54) is 25.6 Å². The van der Waals surface area contributed by atoms with Crippen LogP contribution in [0.5, 0.6) is 0 Å². The van der Waals surface area contributed by atoms with Crippen molar-refractivity contribution < 1.29 is 9.18 Å². The van der Waals surface area contributed by atoms with E-state index in [4.69, 9.17) is 0 Å². The predicted octanol–water partition coefficient (Wildman–Crippen LogP) is 4.81. The summed E-state index contributed by atoms with van der Waals surface area (Å²) in [7, 11) is 0. The summed E-state index contributed by atoms with van der Waals surface area (Å²) in [5, 5.41) is 2.70. The molecule has 2 fully saturated rings. The van der Waals surface area contributed by atoms with Crippen LogP contribution in [-0.2, 0) is 0 Å². The molecule has 0 saturated carbocycles. The third kappa shape index (κ3) is 5.19. The minimum atomic E-state index is -0.420. The van der Waals surface area contributed by atoms with Gasteiger partial charge in [0.05, 0.1) is 5.69 Å². The molecular formula is C20H29BrFN3O. The van der Waals surface area contributed by atoms with E-state index in [1.54, 1.807) is 17.0 Å². The second kappa shape index (κ2) is 8.70. The highest BCUT2D eigenvalue weighted by Gasteiger charge is 2.27. The Morgan fingerprint density at radius 2 is 1.88 bits per heavy atom. The van der Waals surface area contributed by atoms with Gasteiger partial charge < -0.3 is 15.1 Å². The van der Waals surface area contributed by atoms with E-state index in [0.29, 0.717) is 10.4 Å². The number of likely N-dealkylation sites (tertiary alicyclic amines) is 2. The van der Waals surface area contributed by atoms with Gasteiger partial charge in [-0.15, -0.1) is 0 Å². The SMILES string of the molecule is C[C@@H]1C[C@@H](C)CN(CC2CCN(C(=O)Nc3ccc(Br)cc3F)CC2)C1. The van der Waals surface area contributed by atoms with Crippen LogP contribution in [0.1, 0.15) is 33.1 Å². The molecule has 0 unspecified atom stereocenters. The molecule has 4 nitrogen and oxygen atoms in total. The summed E-state index contributed by atoms with van der Waals surface area (Å²) < 4.78 is 14.6. The molecule has 1 aromatic rings. The second-order valence-corrected chi connectivity index (χ2v) is 9.07. The summed E-state index contributed by atoms with van der Waals surface area (Å²) in [4.78, 5) is 16.8. The van der Waals surface area contributed by atoms with Crippen LogP contribution in [0.3, 0.4) is 0 Å². The number of nitrogens with zero attached hydrogens (tertiary/aromatic N) is 2. The van der Waals surface area contributed by atoms with Gasteiger partial charge in [0.25, 0.3) is 0 Å². The number of piperidine rings is 2. The Bertz CT molecular complexity index is 623. The number of nitrogens with one attached hydrogen (secondary N) is 1. The number of hydrogen-bond donors (Lipinski definition) is 1. The van der Waals surface area contributed by atoms with Crippen molar-refractivity contribution in [3.8, 4) is 0 Å². The molecule has 0 spiro atoms. The first kappa shape index (κ1) is 19.6. The molecule has 2 aliphatic heterocycles. The number of anilines is 1. The summed E-state index contributed by atoms with van der Waals surface area (Å²) in [6.07, 6.45) is 3.38. The number of amides is 2. The molecule has 26 heavy (non-hydrogen) atoms. The summed E-state index contributed by atoms with van der Waals surface area (Å²) >= 11 is 3.23. The van der Waals surface area contributed by atoms with Crippen molar-refractivity contribution in [1.82, 2.24) is 9.80 Å². The van der Waals surface area contributed by atoms with Gasteiger partial charge in [0.1, 0.15) is 5.82 Å². The minimum Gasteiger partial charge on any atom is -0.325 e. The largest absolute Gasteiger partial charge is 0.325 e. The van der Waals surface area contributed by atoms with Crippen LogP contribution in [0.2, 0.25) is 0 Å². The average Bonchev–Trinajstić information content (AvgIpc) is 2.57. The van der Waals surface area contributed by atoms with Crippen molar-refractivity contribution in [2.75, 3.05) is 38.0 Å². The maximum atomic E-state index is 13.9. The lowest BCUT2D eigenvalue weighted by molar-refractivity contribution is 0.101. The highest BCUT2D eigenvalue weighted by Crippen LogP contribution is 2.25.